The number of anilines is 1. The van der Waals surface area contributed by atoms with E-state index in [0.29, 0.717) is 0 Å². The second-order valence-electron chi connectivity index (χ2n) is 4.94. The minimum Gasteiger partial charge on any atom is -0.495 e. The summed E-state index contributed by atoms with van der Waals surface area (Å²) in [6.45, 7) is 7.26. The SMILES string of the molecule is COc1ccccc1N1CCN(C[C@H](C)N)CC1. The molecule has 18 heavy (non-hydrogen) atoms. The van der Waals surface area contributed by atoms with Crippen LogP contribution in [0.3, 0.4) is 0 Å². The zero-order valence-corrected chi connectivity index (χ0v) is 11.3. The molecule has 0 radical (unpaired) electrons. The molecule has 100 valence electrons. The third kappa shape index (κ3) is 3.15. The van der Waals surface area contributed by atoms with Crippen molar-refractivity contribution in [2.24, 2.45) is 5.73 Å². The highest BCUT2D eigenvalue weighted by atomic mass is 16.5. The molecular formula is C14H23N3O. The van der Waals surface area contributed by atoms with Crippen molar-refractivity contribution < 1.29 is 4.74 Å². The van der Waals surface area contributed by atoms with E-state index in [1.54, 1.807) is 7.11 Å². The first-order valence-corrected chi connectivity index (χ1v) is 6.56. The normalized spacial score (nSPS) is 18.7. The fourth-order valence-corrected chi connectivity index (χ4v) is 2.47. The molecule has 0 unspecified atom stereocenters. The van der Waals surface area contributed by atoms with Gasteiger partial charge in [0.1, 0.15) is 5.75 Å². The van der Waals surface area contributed by atoms with Crippen LogP contribution >= 0.6 is 0 Å². The van der Waals surface area contributed by atoms with E-state index in [0.717, 1.165) is 38.5 Å². The maximum atomic E-state index is 5.84. The average Bonchev–Trinajstić information content (AvgIpc) is 2.39. The van der Waals surface area contributed by atoms with E-state index in [4.69, 9.17) is 10.5 Å². The maximum absolute atomic E-state index is 5.84. The fourth-order valence-electron chi connectivity index (χ4n) is 2.47. The van der Waals surface area contributed by atoms with Gasteiger partial charge in [0.15, 0.2) is 0 Å². The van der Waals surface area contributed by atoms with Gasteiger partial charge in [0.25, 0.3) is 0 Å². The Kier molecular flexibility index (Phi) is 4.44. The molecule has 4 heteroatoms. The highest BCUT2D eigenvalue weighted by Gasteiger charge is 2.19. The van der Waals surface area contributed by atoms with Crippen LogP contribution in [0.4, 0.5) is 5.69 Å². The molecule has 2 rings (SSSR count). The van der Waals surface area contributed by atoms with E-state index in [1.165, 1.54) is 5.69 Å². The van der Waals surface area contributed by atoms with Gasteiger partial charge in [-0.1, -0.05) is 12.1 Å². The van der Waals surface area contributed by atoms with Gasteiger partial charge < -0.3 is 15.4 Å². The Morgan fingerprint density at radius 1 is 1.22 bits per heavy atom. The summed E-state index contributed by atoms with van der Waals surface area (Å²) in [6.07, 6.45) is 0. The van der Waals surface area contributed by atoms with Gasteiger partial charge in [-0.15, -0.1) is 0 Å². The van der Waals surface area contributed by atoms with Crippen molar-refractivity contribution in [3.63, 3.8) is 0 Å². The van der Waals surface area contributed by atoms with Crippen LogP contribution in [0.2, 0.25) is 0 Å². The first-order valence-electron chi connectivity index (χ1n) is 6.56. The highest BCUT2D eigenvalue weighted by molar-refractivity contribution is 5.58. The van der Waals surface area contributed by atoms with Crippen LogP contribution in [0, 0.1) is 0 Å². The standard InChI is InChI=1S/C14H23N3O/c1-12(15)11-16-7-9-17(10-8-16)13-5-3-4-6-14(13)18-2/h3-6,12H,7-11,15H2,1-2H3/t12-/m0/s1. The van der Waals surface area contributed by atoms with E-state index < -0.39 is 0 Å². The predicted molar refractivity (Wildman–Crippen MR) is 75.3 cm³/mol. The number of methoxy groups -OCH3 is 1. The molecule has 1 aromatic carbocycles. The quantitative estimate of drug-likeness (QED) is 0.869. The fraction of sp³-hybridized carbons (Fsp3) is 0.571. The second kappa shape index (κ2) is 6.07. The summed E-state index contributed by atoms with van der Waals surface area (Å²) >= 11 is 0. The summed E-state index contributed by atoms with van der Waals surface area (Å²) < 4.78 is 5.41. The molecule has 0 bridgehead atoms. The van der Waals surface area contributed by atoms with Crippen LogP contribution in [-0.2, 0) is 0 Å². The molecule has 0 amide bonds. The lowest BCUT2D eigenvalue weighted by Gasteiger charge is -2.37. The van der Waals surface area contributed by atoms with Crippen molar-refractivity contribution in [2.45, 2.75) is 13.0 Å². The lowest BCUT2D eigenvalue weighted by molar-refractivity contribution is 0.246. The molecule has 0 aliphatic carbocycles. The molecule has 1 saturated heterocycles. The van der Waals surface area contributed by atoms with Crippen molar-refractivity contribution in [1.29, 1.82) is 0 Å². The first-order chi connectivity index (χ1) is 8.70. The summed E-state index contributed by atoms with van der Waals surface area (Å²) in [6, 6.07) is 8.47. The lowest BCUT2D eigenvalue weighted by atomic mass is 10.2. The Labute approximate surface area is 109 Å². The summed E-state index contributed by atoms with van der Waals surface area (Å²) in [5, 5.41) is 0. The number of rotatable bonds is 4. The Bertz CT molecular complexity index is 373. The van der Waals surface area contributed by atoms with Crippen molar-refractivity contribution in [1.82, 2.24) is 4.90 Å². The lowest BCUT2D eigenvalue weighted by Crippen LogP contribution is -2.49. The molecule has 0 saturated carbocycles. The van der Waals surface area contributed by atoms with E-state index in [9.17, 15) is 0 Å². The van der Waals surface area contributed by atoms with Crippen LogP contribution in [0.1, 0.15) is 6.92 Å². The maximum Gasteiger partial charge on any atom is 0.142 e. The van der Waals surface area contributed by atoms with Gasteiger partial charge in [0.2, 0.25) is 0 Å². The van der Waals surface area contributed by atoms with Crippen molar-refractivity contribution in [3.8, 4) is 5.75 Å². The summed E-state index contributed by atoms with van der Waals surface area (Å²) in [4.78, 5) is 4.81. The number of para-hydroxylation sites is 2. The van der Waals surface area contributed by atoms with Crippen molar-refractivity contribution in [3.05, 3.63) is 24.3 Å². The number of nitrogens with two attached hydrogens (primary N) is 1. The monoisotopic (exact) mass is 249 g/mol. The van der Waals surface area contributed by atoms with Crippen LogP contribution in [0.15, 0.2) is 24.3 Å². The summed E-state index contributed by atoms with van der Waals surface area (Å²) in [5.74, 6) is 0.957. The van der Waals surface area contributed by atoms with E-state index in [1.807, 2.05) is 12.1 Å². The van der Waals surface area contributed by atoms with Crippen LogP contribution in [0.5, 0.6) is 5.75 Å². The topological polar surface area (TPSA) is 41.7 Å². The number of piperazine rings is 1. The molecule has 0 aromatic heterocycles. The van der Waals surface area contributed by atoms with Gasteiger partial charge in [-0.25, -0.2) is 0 Å². The molecule has 1 fully saturated rings. The minimum absolute atomic E-state index is 0.253. The molecular weight excluding hydrogens is 226 g/mol. The van der Waals surface area contributed by atoms with Gasteiger partial charge in [0, 0.05) is 38.8 Å². The van der Waals surface area contributed by atoms with E-state index in [2.05, 4.69) is 28.9 Å². The van der Waals surface area contributed by atoms with Gasteiger partial charge in [-0.2, -0.15) is 0 Å². The number of hydrogen-bond donors (Lipinski definition) is 1. The number of ether oxygens (including phenoxy) is 1. The average molecular weight is 249 g/mol. The minimum atomic E-state index is 0.253. The van der Waals surface area contributed by atoms with Gasteiger partial charge in [0.05, 0.1) is 12.8 Å². The first kappa shape index (κ1) is 13.2. The summed E-state index contributed by atoms with van der Waals surface area (Å²) in [5.41, 5.74) is 7.03. The van der Waals surface area contributed by atoms with Gasteiger partial charge >= 0.3 is 0 Å². The molecule has 4 nitrogen and oxygen atoms in total. The zero-order chi connectivity index (χ0) is 13.0. The molecule has 1 aliphatic rings. The van der Waals surface area contributed by atoms with E-state index in [-0.39, 0.29) is 6.04 Å². The summed E-state index contributed by atoms with van der Waals surface area (Å²) in [7, 11) is 1.73. The smallest absolute Gasteiger partial charge is 0.142 e. The molecule has 1 aliphatic heterocycles. The number of nitrogens with zero attached hydrogens (tertiary/aromatic N) is 2. The Morgan fingerprint density at radius 2 is 1.89 bits per heavy atom. The van der Waals surface area contributed by atoms with Crippen molar-refractivity contribution in [2.75, 3.05) is 44.7 Å². The third-order valence-corrected chi connectivity index (χ3v) is 3.34. The number of hydrogen-bond acceptors (Lipinski definition) is 4. The Balaban J connectivity index is 1.97. The molecule has 1 atom stereocenters. The van der Waals surface area contributed by atoms with Crippen LogP contribution < -0.4 is 15.4 Å². The van der Waals surface area contributed by atoms with Crippen LogP contribution in [-0.4, -0.2) is 50.8 Å². The molecule has 2 N–H and O–H groups in total. The largest absolute Gasteiger partial charge is 0.495 e. The van der Waals surface area contributed by atoms with E-state index >= 15 is 0 Å². The molecule has 0 spiro atoms. The zero-order valence-electron chi connectivity index (χ0n) is 11.3. The number of benzene rings is 1. The third-order valence-electron chi connectivity index (χ3n) is 3.34. The van der Waals surface area contributed by atoms with Gasteiger partial charge in [-0.3, -0.25) is 4.90 Å². The predicted octanol–water partition coefficient (Wildman–Crippen LogP) is 1.16. The second-order valence-corrected chi connectivity index (χ2v) is 4.94. The molecule has 1 heterocycles. The van der Waals surface area contributed by atoms with Crippen LogP contribution in [0.25, 0.3) is 0 Å². The van der Waals surface area contributed by atoms with Crippen molar-refractivity contribution >= 4 is 5.69 Å². The highest BCUT2D eigenvalue weighted by Crippen LogP contribution is 2.28. The molecule has 1 aromatic rings. The Morgan fingerprint density at radius 3 is 2.50 bits per heavy atom. The van der Waals surface area contributed by atoms with Gasteiger partial charge in [-0.05, 0) is 19.1 Å². The Hall–Kier alpha value is -1.26.